The van der Waals surface area contributed by atoms with Gasteiger partial charge in [0, 0.05) is 11.0 Å². The Morgan fingerprint density at radius 3 is 2.63 bits per heavy atom. The third kappa shape index (κ3) is 3.92. The largest absolute Gasteiger partial charge is 0.409 e. The van der Waals surface area contributed by atoms with Crippen LogP contribution < -0.4 is 5.73 Å². The first-order valence-corrected chi connectivity index (χ1v) is 7.87. The highest BCUT2D eigenvalue weighted by Gasteiger charge is 2.26. The van der Waals surface area contributed by atoms with E-state index in [0.29, 0.717) is 17.4 Å². The van der Waals surface area contributed by atoms with Crippen LogP contribution in [-0.2, 0) is 10.0 Å². The summed E-state index contributed by atoms with van der Waals surface area (Å²) in [6, 6.07) is 6.54. The average Bonchev–Trinajstić information content (AvgIpc) is 2.38. The zero-order valence-corrected chi connectivity index (χ0v) is 12.9. The number of halogens is 1. The van der Waals surface area contributed by atoms with Gasteiger partial charge in [0.1, 0.15) is 0 Å². The Kier molecular flexibility index (Phi) is 5.77. The second-order valence-corrected chi connectivity index (χ2v) is 6.62. The number of oxime groups is 1. The number of amidine groups is 1. The molecule has 0 aliphatic rings. The van der Waals surface area contributed by atoms with E-state index in [4.69, 9.17) is 10.9 Å². The van der Waals surface area contributed by atoms with Gasteiger partial charge in [-0.05, 0) is 34.5 Å². The summed E-state index contributed by atoms with van der Waals surface area (Å²) in [5.74, 6) is -0.149. The number of nitrogens with zero attached hydrogens (tertiary/aromatic N) is 2. The third-order valence-electron chi connectivity index (χ3n) is 2.39. The van der Waals surface area contributed by atoms with Gasteiger partial charge in [-0.15, -0.1) is 0 Å². The van der Waals surface area contributed by atoms with Gasteiger partial charge in [0.25, 0.3) is 0 Å². The van der Waals surface area contributed by atoms with Crippen LogP contribution in [0.15, 0.2) is 38.8 Å². The molecular weight excluding hydrogens is 334 g/mol. The van der Waals surface area contributed by atoms with E-state index in [2.05, 4.69) is 21.1 Å². The Labute approximate surface area is 121 Å². The fourth-order valence-corrected chi connectivity index (χ4v) is 4.01. The van der Waals surface area contributed by atoms with Crippen molar-refractivity contribution in [1.29, 1.82) is 0 Å². The fraction of sp³-hybridized carbons (Fsp3) is 0.364. The lowest BCUT2D eigenvalue weighted by molar-refractivity contribution is 0.314. The minimum absolute atomic E-state index is 0.145. The second-order valence-electron chi connectivity index (χ2n) is 3.86. The Hall–Kier alpha value is -1.12. The summed E-state index contributed by atoms with van der Waals surface area (Å²) in [5, 5.41) is 11.4. The van der Waals surface area contributed by atoms with Crippen LogP contribution in [0.1, 0.15) is 13.3 Å². The van der Waals surface area contributed by atoms with Gasteiger partial charge < -0.3 is 10.9 Å². The highest BCUT2D eigenvalue weighted by atomic mass is 79.9. The molecule has 0 heterocycles. The van der Waals surface area contributed by atoms with Gasteiger partial charge in [0.2, 0.25) is 10.0 Å². The molecule has 0 saturated carbocycles. The van der Waals surface area contributed by atoms with E-state index in [1.807, 2.05) is 6.92 Å². The minimum atomic E-state index is -3.68. The molecule has 8 heteroatoms. The smallest absolute Gasteiger partial charge is 0.244 e. The molecule has 0 unspecified atom stereocenters. The molecule has 6 nitrogen and oxygen atoms in total. The van der Waals surface area contributed by atoms with E-state index in [9.17, 15) is 8.42 Å². The second kappa shape index (κ2) is 6.88. The van der Waals surface area contributed by atoms with Crippen LogP contribution in [0.3, 0.4) is 0 Å². The molecule has 0 amide bonds. The summed E-state index contributed by atoms with van der Waals surface area (Å²) >= 11 is 3.22. The van der Waals surface area contributed by atoms with Gasteiger partial charge in [-0.1, -0.05) is 24.2 Å². The first kappa shape index (κ1) is 15.9. The maximum Gasteiger partial charge on any atom is 0.244 e. The molecule has 0 fully saturated rings. The number of hydrogen-bond donors (Lipinski definition) is 2. The Bertz CT molecular complexity index is 560. The van der Waals surface area contributed by atoms with Crippen LogP contribution in [0.25, 0.3) is 0 Å². The minimum Gasteiger partial charge on any atom is -0.409 e. The topological polar surface area (TPSA) is 96.0 Å². The van der Waals surface area contributed by atoms with Crippen molar-refractivity contribution in [1.82, 2.24) is 4.31 Å². The van der Waals surface area contributed by atoms with Crippen LogP contribution >= 0.6 is 15.9 Å². The van der Waals surface area contributed by atoms with Crippen molar-refractivity contribution in [3.8, 4) is 0 Å². The molecule has 106 valence electrons. The van der Waals surface area contributed by atoms with E-state index in [1.165, 1.54) is 10.4 Å². The van der Waals surface area contributed by atoms with Crippen molar-refractivity contribution in [3.63, 3.8) is 0 Å². The van der Waals surface area contributed by atoms with Crippen LogP contribution in [0.4, 0.5) is 0 Å². The van der Waals surface area contributed by atoms with Gasteiger partial charge in [0.05, 0.1) is 11.4 Å². The Morgan fingerprint density at radius 2 is 2.11 bits per heavy atom. The summed E-state index contributed by atoms with van der Waals surface area (Å²) in [6.07, 6.45) is 0.627. The summed E-state index contributed by atoms with van der Waals surface area (Å²) < 4.78 is 26.7. The molecule has 0 saturated heterocycles. The Balaban J connectivity index is 3.17. The van der Waals surface area contributed by atoms with Crippen molar-refractivity contribution in [2.24, 2.45) is 10.9 Å². The molecule has 3 N–H and O–H groups in total. The fourth-order valence-electron chi connectivity index (χ4n) is 1.54. The molecule has 0 bridgehead atoms. The van der Waals surface area contributed by atoms with Crippen LogP contribution in [0, 0.1) is 0 Å². The number of benzene rings is 1. The summed E-state index contributed by atoms with van der Waals surface area (Å²) in [7, 11) is -3.68. The number of nitrogens with two attached hydrogens (primary N) is 1. The molecule has 1 aromatic rings. The first-order valence-electron chi connectivity index (χ1n) is 5.64. The molecule has 19 heavy (non-hydrogen) atoms. The van der Waals surface area contributed by atoms with Crippen LogP contribution in [0.2, 0.25) is 0 Å². The highest BCUT2D eigenvalue weighted by molar-refractivity contribution is 9.10. The van der Waals surface area contributed by atoms with Gasteiger partial charge in [-0.25, -0.2) is 8.42 Å². The summed E-state index contributed by atoms with van der Waals surface area (Å²) in [6.45, 7) is 2.00. The first-order chi connectivity index (χ1) is 8.93. The molecule has 0 spiro atoms. The van der Waals surface area contributed by atoms with Crippen molar-refractivity contribution in [2.45, 2.75) is 18.2 Å². The van der Waals surface area contributed by atoms with Gasteiger partial charge in [-0.3, -0.25) is 0 Å². The molecule has 0 aliphatic carbocycles. The van der Waals surface area contributed by atoms with Crippen molar-refractivity contribution < 1.29 is 13.6 Å². The summed E-state index contributed by atoms with van der Waals surface area (Å²) in [4.78, 5) is 0.161. The predicted molar refractivity (Wildman–Crippen MR) is 76.6 cm³/mol. The van der Waals surface area contributed by atoms with Crippen LogP contribution in [-0.4, -0.2) is 36.9 Å². The number of sulfonamides is 1. The Morgan fingerprint density at radius 1 is 1.47 bits per heavy atom. The lowest BCUT2D eigenvalue weighted by atomic mass is 10.4. The van der Waals surface area contributed by atoms with Gasteiger partial charge in [-0.2, -0.15) is 4.31 Å². The van der Waals surface area contributed by atoms with E-state index in [-0.39, 0.29) is 17.3 Å². The normalized spacial score (nSPS) is 12.9. The SMILES string of the molecule is CCCN(CC(N)=NO)S(=O)(=O)c1ccccc1Br. The van der Waals surface area contributed by atoms with Crippen LogP contribution in [0.5, 0.6) is 0 Å². The number of hydrogen-bond acceptors (Lipinski definition) is 4. The zero-order chi connectivity index (χ0) is 14.5. The molecule has 1 rings (SSSR count). The lowest BCUT2D eigenvalue weighted by Gasteiger charge is -2.21. The quantitative estimate of drug-likeness (QED) is 0.352. The maximum atomic E-state index is 12.5. The lowest BCUT2D eigenvalue weighted by Crippen LogP contribution is -2.39. The molecule has 0 aliphatic heterocycles. The predicted octanol–water partition coefficient (Wildman–Crippen LogP) is 1.60. The van der Waals surface area contributed by atoms with E-state index in [1.54, 1.807) is 18.2 Å². The molecular formula is C11H16BrN3O3S. The van der Waals surface area contributed by atoms with Gasteiger partial charge >= 0.3 is 0 Å². The highest BCUT2D eigenvalue weighted by Crippen LogP contribution is 2.24. The molecule has 0 radical (unpaired) electrons. The summed E-state index contributed by atoms with van der Waals surface area (Å²) in [5.41, 5.74) is 5.40. The number of rotatable bonds is 6. The molecule has 0 atom stereocenters. The molecule has 1 aromatic carbocycles. The van der Waals surface area contributed by atoms with E-state index in [0.717, 1.165) is 0 Å². The molecule has 0 aromatic heterocycles. The van der Waals surface area contributed by atoms with Crippen molar-refractivity contribution in [2.75, 3.05) is 13.1 Å². The zero-order valence-electron chi connectivity index (χ0n) is 10.5. The van der Waals surface area contributed by atoms with Crippen molar-refractivity contribution in [3.05, 3.63) is 28.7 Å². The van der Waals surface area contributed by atoms with E-state index >= 15 is 0 Å². The monoisotopic (exact) mass is 349 g/mol. The van der Waals surface area contributed by atoms with Gasteiger partial charge in [0.15, 0.2) is 5.84 Å². The maximum absolute atomic E-state index is 12.5. The average molecular weight is 350 g/mol. The van der Waals surface area contributed by atoms with E-state index < -0.39 is 10.0 Å². The third-order valence-corrected chi connectivity index (χ3v) is 5.25. The standard InChI is InChI=1S/C11H16BrN3O3S/c1-2-7-15(8-11(13)14-16)19(17,18)10-6-4-3-5-9(10)12/h3-6,16H,2,7-8H2,1H3,(H2,13,14). The van der Waals surface area contributed by atoms with Crippen molar-refractivity contribution >= 4 is 31.8 Å².